The van der Waals surface area contributed by atoms with Gasteiger partial charge < -0.3 is 10.2 Å². The minimum absolute atomic E-state index is 0.313. The van der Waals surface area contributed by atoms with Crippen molar-refractivity contribution in [1.82, 2.24) is 19.9 Å². The van der Waals surface area contributed by atoms with Gasteiger partial charge in [-0.25, -0.2) is 8.91 Å². The predicted octanol–water partition coefficient (Wildman–Crippen LogP) is 0.914. The second-order valence-electron chi connectivity index (χ2n) is 3.94. The third-order valence-electron chi connectivity index (χ3n) is 2.55. The molecule has 92 valence electrons. The first-order valence-electron chi connectivity index (χ1n) is 5.58. The summed E-state index contributed by atoms with van der Waals surface area (Å²) < 4.78 is 14.4. The van der Waals surface area contributed by atoms with Crippen LogP contribution in [0.2, 0.25) is 0 Å². The minimum atomic E-state index is -0.313. The zero-order valence-corrected chi connectivity index (χ0v) is 10.0. The molecule has 0 saturated carbocycles. The Hall–Kier alpha value is -1.69. The topological polar surface area (TPSA) is 45.5 Å². The molecule has 6 heteroatoms. The molecular formula is C11H16FN5. The molecule has 0 saturated heterocycles. The van der Waals surface area contributed by atoms with E-state index in [2.05, 4.69) is 15.4 Å². The quantitative estimate of drug-likeness (QED) is 0.785. The summed E-state index contributed by atoms with van der Waals surface area (Å²) in [5.41, 5.74) is 0.655. The molecular weight excluding hydrogens is 221 g/mol. The molecule has 0 bridgehead atoms. The van der Waals surface area contributed by atoms with Gasteiger partial charge in [-0.05, 0) is 32.1 Å². The molecule has 0 aromatic carbocycles. The largest absolute Gasteiger partial charge is 0.343 e. The number of hydrogen-bond donors (Lipinski definition) is 1. The van der Waals surface area contributed by atoms with E-state index in [9.17, 15) is 4.39 Å². The Kier molecular flexibility index (Phi) is 3.53. The first-order valence-corrected chi connectivity index (χ1v) is 5.58. The molecule has 0 amide bonds. The standard InChI is InChI=1S/C11H16FN5/c1-13-6-3-7-16(2)11-14-10-5-4-9(12)8-17(10)15-11/h4-5,8,13H,3,6-7H2,1-2H3. The molecule has 2 rings (SSSR count). The van der Waals surface area contributed by atoms with Crippen LogP contribution < -0.4 is 10.2 Å². The van der Waals surface area contributed by atoms with Crippen LogP contribution in [0, 0.1) is 5.82 Å². The molecule has 0 aliphatic heterocycles. The number of nitrogens with zero attached hydrogens (tertiary/aromatic N) is 4. The highest BCUT2D eigenvalue weighted by Gasteiger charge is 2.08. The summed E-state index contributed by atoms with van der Waals surface area (Å²) in [6.45, 7) is 1.81. The Morgan fingerprint density at radius 3 is 3.06 bits per heavy atom. The molecule has 0 spiro atoms. The lowest BCUT2D eigenvalue weighted by molar-refractivity contribution is 0.614. The number of aromatic nitrogens is 3. The fourth-order valence-corrected chi connectivity index (χ4v) is 1.60. The highest BCUT2D eigenvalue weighted by molar-refractivity contribution is 5.44. The molecule has 5 nitrogen and oxygen atoms in total. The summed E-state index contributed by atoms with van der Waals surface area (Å²) in [5, 5.41) is 7.31. The third kappa shape index (κ3) is 2.71. The second kappa shape index (κ2) is 5.09. The maximum absolute atomic E-state index is 13.0. The number of halogens is 1. The van der Waals surface area contributed by atoms with E-state index in [-0.39, 0.29) is 5.82 Å². The van der Waals surface area contributed by atoms with Crippen LogP contribution in [0.25, 0.3) is 5.65 Å². The molecule has 0 atom stereocenters. The maximum atomic E-state index is 13.0. The lowest BCUT2D eigenvalue weighted by Gasteiger charge is -2.13. The zero-order chi connectivity index (χ0) is 12.3. The highest BCUT2D eigenvalue weighted by atomic mass is 19.1. The average molecular weight is 237 g/mol. The Labute approximate surface area is 99.3 Å². The van der Waals surface area contributed by atoms with Crippen molar-refractivity contribution >= 4 is 11.6 Å². The van der Waals surface area contributed by atoms with E-state index in [1.165, 1.54) is 16.8 Å². The Bertz CT molecular complexity index is 496. The number of rotatable bonds is 5. The van der Waals surface area contributed by atoms with Crippen LogP contribution in [-0.4, -0.2) is 41.8 Å². The van der Waals surface area contributed by atoms with Gasteiger partial charge in [0, 0.05) is 13.6 Å². The molecule has 17 heavy (non-hydrogen) atoms. The van der Waals surface area contributed by atoms with Gasteiger partial charge in [0.2, 0.25) is 5.95 Å². The van der Waals surface area contributed by atoms with E-state index >= 15 is 0 Å². The van der Waals surface area contributed by atoms with Crippen molar-refractivity contribution in [2.45, 2.75) is 6.42 Å². The van der Waals surface area contributed by atoms with Gasteiger partial charge in [0.1, 0.15) is 5.82 Å². The van der Waals surface area contributed by atoms with Crippen molar-refractivity contribution < 1.29 is 4.39 Å². The summed E-state index contributed by atoms with van der Waals surface area (Å²) in [6.07, 6.45) is 2.34. The first-order chi connectivity index (χ1) is 8.20. The smallest absolute Gasteiger partial charge is 0.245 e. The third-order valence-corrected chi connectivity index (χ3v) is 2.55. The van der Waals surface area contributed by atoms with Crippen LogP contribution in [0.5, 0.6) is 0 Å². The number of anilines is 1. The summed E-state index contributed by atoms with van der Waals surface area (Å²) in [5.74, 6) is 0.304. The van der Waals surface area contributed by atoms with E-state index in [1.807, 2.05) is 19.0 Å². The van der Waals surface area contributed by atoms with Crippen molar-refractivity contribution in [3.8, 4) is 0 Å². The number of fused-ring (bicyclic) bond motifs is 1. The molecule has 2 aromatic rings. The van der Waals surface area contributed by atoms with E-state index in [1.54, 1.807) is 6.07 Å². The average Bonchev–Trinajstić information content (AvgIpc) is 2.72. The van der Waals surface area contributed by atoms with Gasteiger partial charge in [0.05, 0.1) is 6.20 Å². The van der Waals surface area contributed by atoms with Crippen LogP contribution in [-0.2, 0) is 0 Å². The summed E-state index contributed by atoms with van der Waals surface area (Å²) in [7, 11) is 3.85. The van der Waals surface area contributed by atoms with E-state index in [0.717, 1.165) is 19.5 Å². The lowest BCUT2D eigenvalue weighted by Crippen LogP contribution is -2.23. The fraction of sp³-hybridized carbons (Fsp3) is 0.455. The van der Waals surface area contributed by atoms with Crippen molar-refractivity contribution in [2.75, 3.05) is 32.1 Å². The van der Waals surface area contributed by atoms with Crippen LogP contribution in [0.3, 0.4) is 0 Å². The molecule has 0 unspecified atom stereocenters. The van der Waals surface area contributed by atoms with Gasteiger partial charge in [-0.1, -0.05) is 0 Å². The van der Waals surface area contributed by atoms with Gasteiger partial charge in [-0.15, -0.1) is 5.10 Å². The monoisotopic (exact) mass is 237 g/mol. The van der Waals surface area contributed by atoms with Gasteiger partial charge in [0.25, 0.3) is 0 Å². The van der Waals surface area contributed by atoms with Gasteiger partial charge >= 0.3 is 0 Å². The Morgan fingerprint density at radius 2 is 2.29 bits per heavy atom. The Morgan fingerprint density at radius 1 is 1.47 bits per heavy atom. The normalized spacial score (nSPS) is 11.0. The number of hydrogen-bond acceptors (Lipinski definition) is 4. The fourth-order valence-electron chi connectivity index (χ4n) is 1.60. The van der Waals surface area contributed by atoms with E-state index in [4.69, 9.17) is 0 Å². The van der Waals surface area contributed by atoms with Gasteiger partial charge in [0.15, 0.2) is 5.65 Å². The lowest BCUT2D eigenvalue weighted by atomic mass is 10.4. The summed E-state index contributed by atoms with van der Waals surface area (Å²) >= 11 is 0. The number of nitrogens with one attached hydrogen (secondary N) is 1. The van der Waals surface area contributed by atoms with Crippen molar-refractivity contribution in [3.63, 3.8) is 0 Å². The van der Waals surface area contributed by atoms with Crippen molar-refractivity contribution in [2.24, 2.45) is 0 Å². The van der Waals surface area contributed by atoms with Gasteiger partial charge in [-0.2, -0.15) is 4.98 Å². The van der Waals surface area contributed by atoms with Crippen LogP contribution in [0.1, 0.15) is 6.42 Å². The van der Waals surface area contributed by atoms with Crippen molar-refractivity contribution in [3.05, 3.63) is 24.1 Å². The SMILES string of the molecule is CNCCCN(C)c1nc2ccc(F)cn2n1. The van der Waals surface area contributed by atoms with Crippen molar-refractivity contribution in [1.29, 1.82) is 0 Å². The molecule has 2 aromatic heterocycles. The zero-order valence-electron chi connectivity index (χ0n) is 10.0. The predicted molar refractivity (Wildman–Crippen MR) is 64.8 cm³/mol. The van der Waals surface area contributed by atoms with Gasteiger partial charge in [-0.3, -0.25) is 0 Å². The maximum Gasteiger partial charge on any atom is 0.245 e. The molecule has 0 aliphatic rings. The second-order valence-corrected chi connectivity index (χ2v) is 3.94. The highest BCUT2D eigenvalue weighted by Crippen LogP contribution is 2.10. The Balaban J connectivity index is 2.12. The first kappa shape index (κ1) is 11.8. The summed E-state index contributed by atoms with van der Waals surface area (Å²) in [6, 6.07) is 3.00. The molecule has 0 aliphatic carbocycles. The molecule has 0 fully saturated rings. The molecule has 2 heterocycles. The van der Waals surface area contributed by atoms with E-state index in [0.29, 0.717) is 11.6 Å². The molecule has 1 N–H and O–H groups in total. The van der Waals surface area contributed by atoms with Crippen LogP contribution in [0.15, 0.2) is 18.3 Å². The minimum Gasteiger partial charge on any atom is -0.343 e. The van der Waals surface area contributed by atoms with E-state index < -0.39 is 0 Å². The summed E-state index contributed by atoms with van der Waals surface area (Å²) in [4.78, 5) is 6.28. The number of pyridine rings is 1. The van der Waals surface area contributed by atoms with Crippen LogP contribution >= 0.6 is 0 Å². The van der Waals surface area contributed by atoms with Crippen LogP contribution in [0.4, 0.5) is 10.3 Å². The molecule has 0 radical (unpaired) electrons.